The molecule has 1 heterocycles. The van der Waals surface area contributed by atoms with E-state index in [0.717, 1.165) is 5.01 Å². The van der Waals surface area contributed by atoms with Gasteiger partial charge in [0.1, 0.15) is 11.3 Å². The minimum atomic E-state index is -1.22. The van der Waals surface area contributed by atoms with Crippen LogP contribution in [0.1, 0.15) is 18.1 Å². The summed E-state index contributed by atoms with van der Waals surface area (Å²) in [6.45, 7) is 1.64. The van der Waals surface area contributed by atoms with Crippen molar-refractivity contribution in [2.75, 3.05) is 21.3 Å². The van der Waals surface area contributed by atoms with E-state index < -0.39 is 17.5 Å². The average molecular weight is 383 g/mol. The highest BCUT2D eigenvalue weighted by Crippen LogP contribution is 2.32. The molecule has 3 amide bonds. The Labute approximate surface area is 162 Å². The number of nitrogens with one attached hydrogen (secondary N) is 1. The topological polar surface area (TPSA) is 89.5 Å². The van der Waals surface area contributed by atoms with Crippen molar-refractivity contribution < 1.29 is 23.8 Å². The molecule has 0 spiro atoms. The number of urea groups is 1. The molecule has 8 heteroatoms. The second kappa shape index (κ2) is 7.59. The average Bonchev–Trinajstić information content (AvgIpc) is 2.95. The van der Waals surface area contributed by atoms with E-state index in [1.807, 2.05) is 0 Å². The molecule has 2 aromatic rings. The number of nitrogens with zero attached hydrogens (tertiary/aromatic N) is 2. The van der Waals surface area contributed by atoms with Gasteiger partial charge in [-0.1, -0.05) is 18.2 Å². The first kappa shape index (κ1) is 19.2. The molecule has 3 rings (SSSR count). The summed E-state index contributed by atoms with van der Waals surface area (Å²) in [7, 11) is 4.59. The van der Waals surface area contributed by atoms with E-state index in [1.165, 1.54) is 20.4 Å². The molecule has 0 radical (unpaired) electrons. The van der Waals surface area contributed by atoms with E-state index in [-0.39, 0.29) is 0 Å². The number of imide groups is 1. The van der Waals surface area contributed by atoms with Gasteiger partial charge < -0.3 is 19.5 Å². The van der Waals surface area contributed by atoms with Crippen molar-refractivity contribution in [3.05, 3.63) is 53.6 Å². The molecule has 0 aliphatic carbocycles. The Morgan fingerprint density at radius 3 is 2.32 bits per heavy atom. The summed E-state index contributed by atoms with van der Waals surface area (Å²) >= 11 is 0. The second-order valence-corrected chi connectivity index (χ2v) is 6.23. The number of ether oxygens (including phenoxy) is 3. The van der Waals surface area contributed by atoms with Crippen LogP contribution >= 0.6 is 0 Å². The van der Waals surface area contributed by atoms with E-state index in [4.69, 9.17) is 14.2 Å². The van der Waals surface area contributed by atoms with Crippen LogP contribution in [0.5, 0.6) is 17.2 Å². The Bertz CT molecular complexity index is 926. The summed E-state index contributed by atoms with van der Waals surface area (Å²) in [6, 6.07) is 11.6. The smallest absolute Gasteiger partial charge is 0.346 e. The molecule has 1 aliphatic heterocycles. The Kier molecular flexibility index (Phi) is 5.21. The maximum Gasteiger partial charge on any atom is 0.346 e. The zero-order valence-corrected chi connectivity index (χ0v) is 16.1. The van der Waals surface area contributed by atoms with E-state index in [2.05, 4.69) is 10.4 Å². The minimum Gasteiger partial charge on any atom is -0.497 e. The highest BCUT2D eigenvalue weighted by Gasteiger charge is 2.49. The number of carbonyl (C=O) groups excluding carboxylic acids is 2. The molecule has 28 heavy (non-hydrogen) atoms. The maximum absolute atomic E-state index is 12.9. The maximum atomic E-state index is 12.9. The van der Waals surface area contributed by atoms with Crippen LogP contribution < -0.4 is 19.5 Å². The van der Waals surface area contributed by atoms with Crippen LogP contribution in [0.3, 0.4) is 0 Å². The number of amides is 3. The summed E-state index contributed by atoms with van der Waals surface area (Å²) < 4.78 is 15.7. The number of rotatable bonds is 6. The number of benzene rings is 2. The van der Waals surface area contributed by atoms with E-state index >= 15 is 0 Å². The predicted octanol–water partition coefficient (Wildman–Crippen LogP) is 2.51. The van der Waals surface area contributed by atoms with Gasteiger partial charge in [0.15, 0.2) is 11.5 Å². The molecule has 1 fully saturated rings. The van der Waals surface area contributed by atoms with Crippen molar-refractivity contribution in [3.63, 3.8) is 0 Å². The van der Waals surface area contributed by atoms with Gasteiger partial charge in [-0.15, -0.1) is 5.01 Å². The molecule has 146 valence electrons. The fourth-order valence-electron chi connectivity index (χ4n) is 2.98. The number of methoxy groups -OCH3 is 3. The van der Waals surface area contributed by atoms with Gasteiger partial charge in [-0.2, -0.15) is 5.10 Å². The number of hydrogen-bond donors (Lipinski definition) is 1. The molecule has 0 saturated carbocycles. The van der Waals surface area contributed by atoms with Gasteiger partial charge in [0, 0.05) is 5.56 Å². The van der Waals surface area contributed by atoms with Gasteiger partial charge in [0.05, 0.1) is 27.5 Å². The predicted molar refractivity (Wildman–Crippen MR) is 103 cm³/mol. The SMILES string of the molecule is COc1ccc([C@]2(C)NC(=O)N(/N=C\c3cccc(OC)c3OC)C2=O)cc1. The molecular weight excluding hydrogens is 362 g/mol. The van der Waals surface area contributed by atoms with Crippen molar-refractivity contribution in [1.29, 1.82) is 0 Å². The highest BCUT2D eigenvalue weighted by atomic mass is 16.5. The highest BCUT2D eigenvalue weighted by molar-refractivity contribution is 6.07. The lowest BCUT2D eigenvalue weighted by atomic mass is 9.92. The van der Waals surface area contributed by atoms with Crippen LogP contribution in [0.4, 0.5) is 4.79 Å². The number of carbonyl (C=O) groups is 2. The van der Waals surface area contributed by atoms with Gasteiger partial charge in [-0.25, -0.2) is 4.79 Å². The summed E-state index contributed by atoms with van der Waals surface area (Å²) in [4.78, 5) is 25.3. The third-order valence-corrected chi connectivity index (χ3v) is 4.58. The molecule has 1 saturated heterocycles. The van der Waals surface area contributed by atoms with E-state index in [0.29, 0.717) is 28.4 Å². The van der Waals surface area contributed by atoms with Gasteiger partial charge in [-0.3, -0.25) is 4.79 Å². The van der Waals surface area contributed by atoms with Gasteiger partial charge in [-0.05, 0) is 36.8 Å². The molecule has 0 bridgehead atoms. The molecule has 8 nitrogen and oxygen atoms in total. The number of para-hydroxylation sites is 1. The van der Waals surface area contributed by atoms with Crippen molar-refractivity contribution in [3.8, 4) is 17.2 Å². The van der Waals surface area contributed by atoms with Crippen LogP contribution in [0, 0.1) is 0 Å². The van der Waals surface area contributed by atoms with E-state index in [9.17, 15) is 9.59 Å². The normalized spacial score (nSPS) is 19.1. The van der Waals surface area contributed by atoms with Crippen molar-refractivity contribution in [1.82, 2.24) is 10.3 Å². The zero-order chi connectivity index (χ0) is 20.3. The largest absolute Gasteiger partial charge is 0.497 e. The Morgan fingerprint density at radius 1 is 1.00 bits per heavy atom. The molecule has 2 aromatic carbocycles. The molecule has 1 atom stereocenters. The van der Waals surface area contributed by atoms with Crippen LogP contribution in [0.25, 0.3) is 0 Å². The van der Waals surface area contributed by atoms with Crippen molar-refractivity contribution in [2.24, 2.45) is 5.10 Å². The first-order chi connectivity index (χ1) is 13.4. The second-order valence-electron chi connectivity index (χ2n) is 6.23. The third-order valence-electron chi connectivity index (χ3n) is 4.58. The summed E-state index contributed by atoms with van der Waals surface area (Å²) in [5, 5.41) is 7.59. The van der Waals surface area contributed by atoms with Gasteiger partial charge in [0.25, 0.3) is 5.91 Å². The van der Waals surface area contributed by atoms with Crippen LogP contribution in [-0.4, -0.2) is 44.5 Å². The molecule has 1 aliphatic rings. The standard InChI is InChI=1S/C20H21N3O5/c1-20(14-8-10-15(26-2)11-9-14)18(24)23(19(25)22-20)21-12-13-6-5-7-16(27-3)17(13)28-4/h5-12H,1-4H3,(H,22,25)/b21-12-/t20-/m0/s1. The Morgan fingerprint density at radius 2 is 1.71 bits per heavy atom. The van der Waals surface area contributed by atoms with Crippen LogP contribution in [0.2, 0.25) is 0 Å². The summed E-state index contributed by atoms with van der Waals surface area (Å²) in [5.41, 5.74) is -0.0251. The first-order valence-corrected chi connectivity index (χ1v) is 8.50. The molecular formula is C20H21N3O5. The molecule has 0 unspecified atom stereocenters. The minimum absolute atomic E-state index is 0.457. The number of hydrazone groups is 1. The molecule has 0 aromatic heterocycles. The zero-order valence-electron chi connectivity index (χ0n) is 16.1. The fourth-order valence-corrected chi connectivity index (χ4v) is 2.98. The molecule has 1 N–H and O–H groups in total. The lowest BCUT2D eigenvalue weighted by molar-refractivity contribution is -0.131. The first-order valence-electron chi connectivity index (χ1n) is 8.50. The van der Waals surface area contributed by atoms with Gasteiger partial charge in [0.2, 0.25) is 0 Å². The quantitative estimate of drug-likeness (QED) is 0.612. The van der Waals surface area contributed by atoms with Crippen molar-refractivity contribution in [2.45, 2.75) is 12.5 Å². The lowest BCUT2D eigenvalue weighted by Gasteiger charge is -2.21. The summed E-state index contributed by atoms with van der Waals surface area (Å²) in [5.74, 6) is 1.15. The third kappa shape index (κ3) is 3.24. The van der Waals surface area contributed by atoms with E-state index in [1.54, 1.807) is 56.5 Å². The fraction of sp³-hybridized carbons (Fsp3) is 0.250. The van der Waals surface area contributed by atoms with Crippen LogP contribution in [-0.2, 0) is 10.3 Å². The summed E-state index contributed by atoms with van der Waals surface area (Å²) in [6.07, 6.45) is 1.39. The number of hydrogen-bond acceptors (Lipinski definition) is 6. The monoisotopic (exact) mass is 383 g/mol. The van der Waals surface area contributed by atoms with Crippen LogP contribution in [0.15, 0.2) is 47.6 Å². The van der Waals surface area contributed by atoms with Gasteiger partial charge >= 0.3 is 6.03 Å². The van der Waals surface area contributed by atoms with Crippen molar-refractivity contribution >= 4 is 18.2 Å². The Balaban J connectivity index is 1.89. The Hall–Kier alpha value is -3.55. The lowest BCUT2D eigenvalue weighted by Crippen LogP contribution is -2.40.